The maximum absolute atomic E-state index is 12.1. The van der Waals surface area contributed by atoms with Gasteiger partial charge in [-0.15, -0.1) is 0 Å². The van der Waals surface area contributed by atoms with E-state index in [9.17, 15) is 75.0 Å². The number of hydrogen-bond donors (Lipinski definition) is 10. The number of carbonyl (C=O) groups excluding carboxylic acids is 5. The minimum Gasteiger partial charge on any atom is -0.507 e. The summed E-state index contributed by atoms with van der Waals surface area (Å²) in [5.41, 5.74) is 19.9. The number of ether oxygens (including phenoxy) is 6. The molecule has 0 radical (unpaired) electrons. The Hall–Kier alpha value is -14.8. The molecule has 744 valence electrons. The fraction of sp³-hybridized carbons (Fsp3) is 0.188. The highest BCUT2D eigenvalue weighted by Crippen LogP contribution is 2.44. The highest BCUT2D eigenvalue weighted by Gasteiger charge is 2.30. The standard InChI is InChI=1S/3C24H23ClO4.C23H20Cl2O4.C22H19ClO5/c1-15-6-5-7-16(12-15)13-18-9-4-3-8-17(18)10-11-19-22(24(28)29-2)20(26)14-21(27)23(19)25;2*1-15-7-9-16(10-8-15)13-18-6-4-3-5-17(18)11-12-19-22(24(28)29-2)20(26)14-21(27)23(19)25;1-29-23(28)21-17(22(25)20(27)13-19(21)26)11-10-14-6-2-3-7-15(14)12-16-8-4-5-9-18(16)24;1-27-22(26)20-16(21(23)18(25)13-17(20)24)12-11-14-7-5-6-10-19(14)28-15-8-3-2-4-9-15/h3-9,12,14,26-27H,10-11,13H2,1-2H3;2*3-10,14,26-27H,11-13H2,1-2H3;2-9,13,26-27H,10-12H2,1H3;2-10,13,24-25H,11-12H2,1H3. The molecule has 0 aliphatic carbocycles. The largest absolute Gasteiger partial charge is 0.507 e. The second kappa shape index (κ2) is 52.8. The molecule has 0 unspecified atom stereocenters. The van der Waals surface area contributed by atoms with Crippen LogP contribution < -0.4 is 4.74 Å². The van der Waals surface area contributed by atoms with Crippen molar-refractivity contribution in [1.29, 1.82) is 0 Å². The summed E-state index contributed by atoms with van der Waals surface area (Å²) >= 11 is 37.5. The van der Waals surface area contributed by atoms with Gasteiger partial charge in [0, 0.05) is 35.4 Å². The predicted octanol–water partition coefficient (Wildman–Crippen LogP) is 26.3. The van der Waals surface area contributed by atoms with Crippen LogP contribution in [0.5, 0.6) is 69.0 Å². The highest BCUT2D eigenvalue weighted by molar-refractivity contribution is 6.35. The van der Waals surface area contributed by atoms with Crippen LogP contribution in [-0.4, -0.2) is 116 Å². The first-order chi connectivity index (χ1) is 69.1. The molecular formula is C117H108Cl6O21. The lowest BCUT2D eigenvalue weighted by Gasteiger charge is -2.15. The lowest BCUT2D eigenvalue weighted by Crippen LogP contribution is -2.09. The van der Waals surface area contributed by atoms with Crippen LogP contribution >= 0.6 is 69.6 Å². The van der Waals surface area contributed by atoms with Gasteiger partial charge in [0.15, 0.2) is 0 Å². The van der Waals surface area contributed by atoms with Crippen molar-refractivity contribution < 1.29 is 103 Å². The molecule has 15 rings (SSSR count). The van der Waals surface area contributed by atoms with Crippen LogP contribution in [0, 0.1) is 20.8 Å². The Morgan fingerprint density at radius 1 is 0.222 bits per heavy atom. The summed E-state index contributed by atoms with van der Waals surface area (Å²) in [6, 6.07) is 87.3. The number of rotatable bonds is 30. The van der Waals surface area contributed by atoms with Crippen molar-refractivity contribution in [2.75, 3.05) is 35.5 Å². The van der Waals surface area contributed by atoms with Gasteiger partial charge in [0.2, 0.25) is 0 Å². The SMILES string of the molecule is COC(=O)c1c(O)cc(O)c(Cl)c1CCc1ccccc1Cc1ccc(C)cc1.COC(=O)c1c(O)cc(O)c(Cl)c1CCc1ccccc1Cc1ccc(C)cc1.COC(=O)c1c(O)cc(O)c(Cl)c1CCc1ccccc1Cc1cccc(C)c1.COC(=O)c1c(O)cc(O)c(Cl)c1CCc1ccccc1Cc1ccccc1Cl.COC(=O)c1c(O)cc(O)c(Cl)c1CCc1ccccc1Oc1ccccc1. The summed E-state index contributed by atoms with van der Waals surface area (Å²) in [6.07, 6.45) is 7.58. The van der Waals surface area contributed by atoms with E-state index in [2.05, 4.69) is 106 Å². The summed E-state index contributed by atoms with van der Waals surface area (Å²) in [7, 11) is 6.16. The zero-order valence-electron chi connectivity index (χ0n) is 80.2. The molecule has 10 N–H and O–H groups in total. The molecule has 27 heteroatoms. The van der Waals surface area contributed by atoms with Crippen LogP contribution in [-0.2, 0) is 114 Å². The van der Waals surface area contributed by atoms with E-state index >= 15 is 0 Å². The number of methoxy groups -OCH3 is 5. The van der Waals surface area contributed by atoms with Crippen molar-refractivity contribution in [2.45, 2.75) is 111 Å². The van der Waals surface area contributed by atoms with Crippen LogP contribution in [0.4, 0.5) is 0 Å². The number of aryl methyl sites for hydroxylation is 8. The Bertz CT molecular complexity index is 6900. The molecule has 0 saturated carbocycles. The topological polar surface area (TPSA) is 343 Å². The summed E-state index contributed by atoms with van der Waals surface area (Å²) in [4.78, 5) is 60.7. The molecule has 0 aromatic heterocycles. The van der Waals surface area contributed by atoms with Crippen LogP contribution in [0.25, 0.3) is 0 Å². The Kier molecular flexibility index (Phi) is 40.2. The van der Waals surface area contributed by atoms with E-state index in [0.29, 0.717) is 115 Å². The molecule has 21 nitrogen and oxygen atoms in total. The van der Waals surface area contributed by atoms with E-state index in [-0.39, 0.29) is 110 Å². The molecule has 0 aliphatic heterocycles. The van der Waals surface area contributed by atoms with E-state index in [1.807, 2.05) is 164 Å². The van der Waals surface area contributed by atoms with Gasteiger partial charge < -0.3 is 79.5 Å². The molecule has 0 fully saturated rings. The number of phenolic OH excluding ortho intramolecular Hbond substituents is 10. The van der Waals surface area contributed by atoms with Crippen LogP contribution in [0.3, 0.4) is 0 Å². The first-order valence-corrected chi connectivity index (χ1v) is 48.0. The lowest BCUT2D eigenvalue weighted by atomic mass is 9.93. The first kappa shape index (κ1) is 110. The number of aromatic hydroxyl groups is 10. The molecule has 0 amide bonds. The van der Waals surface area contributed by atoms with Crippen molar-refractivity contribution in [2.24, 2.45) is 0 Å². The van der Waals surface area contributed by atoms with E-state index in [4.69, 9.17) is 98.0 Å². The number of carbonyl (C=O) groups is 5. The van der Waals surface area contributed by atoms with Gasteiger partial charge in [-0.05, 0) is 235 Å². The van der Waals surface area contributed by atoms with Gasteiger partial charge in [-0.2, -0.15) is 0 Å². The van der Waals surface area contributed by atoms with Crippen molar-refractivity contribution >= 4 is 99.5 Å². The average molecular weight is 2060 g/mol. The number of halogens is 6. The van der Waals surface area contributed by atoms with Crippen molar-refractivity contribution in [3.8, 4) is 69.0 Å². The Balaban J connectivity index is 0.000000172. The molecule has 0 aliphatic rings. The normalized spacial score (nSPS) is 10.7. The first-order valence-electron chi connectivity index (χ1n) is 45.7. The predicted molar refractivity (Wildman–Crippen MR) is 563 cm³/mol. The monoisotopic (exact) mass is 2060 g/mol. The van der Waals surface area contributed by atoms with Crippen molar-refractivity contribution in [3.05, 3.63) is 454 Å². The molecule has 15 aromatic carbocycles. The molecule has 15 aromatic rings. The summed E-state index contributed by atoms with van der Waals surface area (Å²) in [5, 5.41) is 101. The molecular weight excluding hydrogens is 1950 g/mol. The number of phenols is 10. The highest BCUT2D eigenvalue weighted by atomic mass is 35.5. The average Bonchev–Trinajstić information content (AvgIpc) is 0.808. The van der Waals surface area contributed by atoms with Gasteiger partial charge in [-0.25, -0.2) is 24.0 Å². The summed E-state index contributed by atoms with van der Waals surface area (Å²) in [5.74, 6) is -5.25. The number of esters is 5. The maximum atomic E-state index is 12.1. The third kappa shape index (κ3) is 29.0. The molecule has 0 heterocycles. The molecule has 0 saturated heterocycles. The smallest absolute Gasteiger partial charge is 0.341 e. The quantitative estimate of drug-likeness (QED) is 0.0148. The number of hydrogen-bond acceptors (Lipinski definition) is 21. The molecule has 0 spiro atoms. The zero-order valence-corrected chi connectivity index (χ0v) is 84.7. The minimum absolute atomic E-state index is 0.00790. The fourth-order valence-corrected chi connectivity index (χ4v) is 18.0. The van der Waals surface area contributed by atoms with E-state index < -0.39 is 29.8 Å². The van der Waals surface area contributed by atoms with E-state index in [1.54, 1.807) is 0 Å². The minimum atomic E-state index is -0.719. The Morgan fingerprint density at radius 2 is 0.472 bits per heavy atom. The molecule has 0 atom stereocenters. The van der Waals surface area contributed by atoms with Gasteiger partial charge >= 0.3 is 29.8 Å². The third-order valence-corrected chi connectivity index (χ3v) is 26.5. The Morgan fingerprint density at radius 3 is 0.764 bits per heavy atom. The van der Waals surface area contributed by atoms with Crippen molar-refractivity contribution in [3.63, 3.8) is 0 Å². The van der Waals surface area contributed by atoms with Crippen LogP contribution in [0.2, 0.25) is 30.1 Å². The Labute approximate surface area is 865 Å². The van der Waals surface area contributed by atoms with Crippen LogP contribution in [0.1, 0.15) is 169 Å². The second-order valence-electron chi connectivity index (χ2n) is 33.7. The van der Waals surface area contributed by atoms with Gasteiger partial charge in [-0.3, -0.25) is 0 Å². The van der Waals surface area contributed by atoms with Gasteiger partial charge in [0.05, 0.1) is 60.7 Å². The third-order valence-electron chi connectivity index (χ3n) is 24.0. The zero-order chi connectivity index (χ0) is 104. The maximum Gasteiger partial charge on any atom is 0.341 e. The van der Waals surface area contributed by atoms with Crippen LogP contribution in [0.15, 0.2) is 279 Å². The summed E-state index contributed by atoms with van der Waals surface area (Å²) in [6.45, 7) is 6.19. The van der Waals surface area contributed by atoms with E-state index in [0.717, 1.165) is 88.5 Å². The number of para-hydroxylation sites is 2. The van der Waals surface area contributed by atoms with Gasteiger partial charge in [0.25, 0.3) is 0 Å². The fourth-order valence-electron chi connectivity index (χ4n) is 16.6. The van der Waals surface area contributed by atoms with E-state index in [1.165, 1.54) is 85.6 Å². The number of benzene rings is 15. The second-order valence-corrected chi connectivity index (χ2v) is 36.0. The van der Waals surface area contributed by atoms with Gasteiger partial charge in [-0.1, -0.05) is 311 Å². The van der Waals surface area contributed by atoms with Gasteiger partial charge in [0.1, 0.15) is 96.8 Å². The molecule has 144 heavy (non-hydrogen) atoms. The molecule has 0 bridgehead atoms. The lowest BCUT2D eigenvalue weighted by molar-refractivity contribution is 0.0586. The summed E-state index contributed by atoms with van der Waals surface area (Å²) < 4.78 is 29.8. The van der Waals surface area contributed by atoms with Crippen molar-refractivity contribution in [1.82, 2.24) is 0 Å².